The number of benzene rings is 2. The fourth-order valence-corrected chi connectivity index (χ4v) is 2.25. The monoisotopic (exact) mass is 309 g/mol. The average molecular weight is 309 g/mol. The number of rotatable bonds is 5. The van der Waals surface area contributed by atoms with E-state index >= 15 is 0 Å². The summed E-state index contributed by atoms with van der Waals surface area (Å²) in [5.41, 5.74) is 2.34. The van der Waals surface area contributed by atoms with Crippen LogP contribution in [0.5, 0.6) is 5.75 Å². The van der Waals surface area contributed by atoms with Gasteiger partial charge in [-0.1, -0.05) is 23.4 Å². The van der Waals surface area contributed by atoms with Gasteiger partial charge in [0.25, 0.3) is 0 Å². The normalized spacial score (nSPS) is 10.5. The number of nitrogens with zero attached hydrogens (tertiary/aromatic N) is 3. The first kappa shape index (κ1) is 14.8. The third-order valence-electron chi connectivity index (χ3n) is 3.31. The van der Waals surface area contributed by atoms with Crippen molar-refractivity contribution >= 4 is 5.97 Å². The summed E-state index contributed by atoms with van der Waals surface area (Å²) in [6.45, 7) is 2.48. The number of carboxylic acids is 1. The van der Waals surface area contributed by atoms with E-state index in [1.165, 1.54) is 6.07 Å². The minimum atomic E-state index is -0.978. The number of hydrogen-bond acceptors (Lipinski definition) is 4. The van der Waals surface area contributed by atoms with Gasteiger partial charge in [0.15, 0.2) is 0 Å². The van der Waals surface area contributed by atoms with Crippen molar-refractivity contribution < 1.29 is 14.6 Å². The van der Waals surface area contributed by atoms with Crippen LogP contribution in [-0.2, 0) is 0 Å². The van der Waals surface area contributed by atoms with Crippen LogP contribution in [0.15, 0.2) is 54.7 Å². The van der Waals surface area contributed by atoms with Gasteiger partial charge in [-0.05, 0) is 37.3 Å². The molecule has 116 valence electrons. The first-order valence-corrected chi connectivity index (χ1v) is 7.17. The van der Waals surface area contributed by atoms with Gasteiger partial charge in [-0.25, -0.2) is 9.48 Å². The van der Waals surface area contributed by atoms with Crippen molar-refractivity contribution in [3.05, 3.63) is 60.3 Å². The zero-order valence-electron chi connectivity index (χ0n) is 12.5. The van der Waals surface area contributed by atoms with E-state index in [4.69, 9.17) is 9.84 Å². The molecule has 2 aromatic carbocycles. The Balaban J connectivity index is 1.98. The highest BCUT2D eigenvalue weighted by molar-refractivity contribution is 5.88. The molecule has 6 nitrogen and oxygen atoms in total. The summed E-state index contributed by atoms with van der Waals surface area (Å²) in [7, 11) is 0. The van der Waals surface area contributed by atoms with E-state index in [0.717, 1.165) is 11.3 Å². The van der Waals surface area contributed by atoms with Gasteiger partial charge in [-0.15, -0.1) is 5.10 Å². The van der Waals surface area contributed by atoms with E-state index in [1.54, 1.807) is 29.1 Å². The van der Waals surface area contributed by atoms with Crippen molar-refractivity contribution in [1.29, 1.82) is 0 Å². The van der Waals surface area contributed by atoms with Crippen molar-refractivity contribution in [2.24, 2.45) is 0 Å². The Morgan fingerprint density at radius 2 is 2.04 bits per heavy atom. The maximum absolute atomic E-state index is 11.1. The molecule has 6 heteroatoms. The second-order valence-electron chi connectivity index (χ2n) is 4.83. The van der Waals surface area contributed by atoms with Gasteiger partial charge >= 0.3 is 5.97 Å². The Hall–Kier alpha value is -3.15. The van der Waals surface area contributed by atoms with Crippen molar-refractivity contribution in [1.82, 2.24) is 15.0 Å². The number of aromatic carboxylic acids is 1. The van der Waals surface area contributed by atoms with Crippen LogP contribution in [0.2, 0.25) is 0 Å². The lowest BCUT2D eigenvalue weighted by molar-refractivity contribution is 0.0697. The smallest absolute Gasteiger partial charge is 0.335 e. The fourth-order valence-electron chi connectivity index (χ4n) is 2.25. The lowest BCUT2D eigenvalue weighted by atomic mass is 10.1. The van der Waals surface area contributed by atoms with Gasteiger partial charge < -0.3 is 9.84 Å². The zero-order chi connectivity index (χ0) is 16.2. The SMILES string of the molecule is CCOc1ccccc1-c1cn(-c2cccc(C(=O)O)c2)nn1. The molecule has 0 amide bonds. The number of aromatic nitrogens is 3. The summed E-state index contributed by atoms with van der Waals surface area (Å²) in [5, 5.41) is 17.3. The maximum atomic E-state index is 11.1. The molecule has 0 spiro atoms. The molecule has 0 radical (unpaired) electrons. The topological polar surface area (TPSA) is 77.2 Å². The first-order chi connectivity index (χ1) is 11.2. The number of carboxylic acid groups (broad SMARTS) is 1. The molecular weight excluding hydrogens is 294 g/mol. The third kappa shape index (κ3) is 3.06. The lowest BCUT2D eigenvalue weighted by Gasteiger charge is -2.07. The number of para-hydroxylation sites is 1. The van der Waals surface area contributed by atoms with Crippen LogP contribution in [0.25, 0.3) is 16.9 Å². The van der Waals surface area contributed by atoms with Gasteiger partial charge in [0.1, 0.15) is 11.4 Å². The Kier molecular flexibility index (Phi) is 4.05. The Bertz CT molecular complexity index is 842. The van der Waals surface area contributed by atoms with E-state index in [0.29, 0.717) is 18.0 Å². The summed E-state index contributed by atoms with van der Waals surface area (Å²) in [6.07, 6.45) is 1.75. The average Bonchev–Trinajstić information content (AvgIpc) is 3.06. The van der Waals surface area contributed by atoms with Gasteiger partial charge in [0.05, 0.1) is 24.1 Å². The lowest BCUT2D eigenvalue weighted by Crippen LogP contribution is -2.00. The van der Waals surface area contributed by atoms with E-state index in [9.17, 15) is 4.79 Å². The standard InChI is InChI=1S/C17H15N3O3/c1-2-23-16-9-4-3-8-14(16)15-11-20(19-18-15)13-7-5-6-12(10-13)17(21)22/h3-11H,2H2,1H3,(H,21,22). The molecule has 3 rings (SSSR count). The van der Waals surface area contributed by atoms with Crippen LogP contribution in [0.1, 0.15) is 17.3 Å². The van der Waals surface area contributed by atoms with Crippen LogP contribution in [0, 0.1) is 0 Å². The van der Waals surface area contributed by atoms with Gasteiger partial charge in [0.2, 0.25) is 0 Å². The molecule has 1 heterocycles. The highest BCUT2D eigenvalue weighted by Gasteiger charge is 2.11. The first-order valence-electron chi connectivity index (χ1n) is 7.17. The van der Waals surface area contributed by atoms with Crippen molar-refractivity contribution in [3.63, 3.8) is 0 Å². The summed E-state index contributed by atoms with van der Waals surface area (Å²) >= 11 is 0. The second kappa shape index (κ2) is 6.31. The predicted molar refractivity (Wildman–Crippen MR) is 84.9 cm³/mol. The van der Waals surface area contributed by atoms with E-state index in [2.05, 4.69) is 10.3 Å². The van der Waals surface area contributed by atoms with Crippen LogP contribution in [0.3, 0.4) is 0 Å². The molecule has 23 heavy (non-hydrogen) atoms. The van der Waals surface area contributed by atoms with E-state index in [1.807, 2.05) is 31.2 Å². The van der Waals surface area contributed by atoms with Gasteiger partial charge in [-0.2, -0.15) is 0 Å². The predicted octanol–water partition coefficient (Wildman–Crippen LogP) is 3.03. The molecule has 0 aliphatic rings. The largest absolute Gasteiger partial charge is 0.493 e. The minimum Gasteiger partial charge on any atom is -0.493 e. The molecule has 0 atom stereocenters. The number of hydrogen-bond donors (Lipinski definition) is 1. The number of carbonyl (C=O) groups is 1. The van der Waals surface area contributed by atoms with E-state index < -0.39 is 5.97 Å². The molecule has 0 fully saturated rings. The Labute approximate surface area is 133 Å². The van der Waals surface area contributed by atoms with E-state index in [-0.39, 0.29) is 5.56 Å². The minimum absolute atomic E-state index is 0.203. The fraction of sp³-hybridized carbons (Fsp3) is 0.118. The Morgan fingerprint density at radius 1 is 1.22 bits per heavy atom. The molecule has 1 aromatic heterocycles. The quantitative estimate of drug-likeness (QED) is 0.784. The maximum Gasteiger partial charge on any atom is 0.335 e. The third-order valence-corrected chi connectivity index (χ3v) is 3.31. The van der Waals surface area contributed by atoms with Crippen LogP contribution < -0.4 is 4.74 Å². The Morgan fingerprint density at radius 3 is 2.83 bits per heavy atom. The molecule has 0 unspecified atom stereocenters. The molecule has 0 aliphatic heterocycles. The van der Waals surface area contributed by atoms with Gasteiger partial charge in [-0.3, -0.25) is 0 Å². The highest BCUT2D eigenvalue weighted by Crippen LogP contribution is 2.28. The zero-order valence-corrected chi connectivity index (χ0v) is 12.5. The molecule has 0 saturated heterocycles. The van der Waals surface area contributed by atoms with Crippen molar-refractivity contribution in [3.8, 4) is 22.7 Å². The molecule has 1 N–H and O–H groups in total. The number of ether oxygens (including phenoxy) is 1. The molecule has 3 aromatic rings. The van der Waals surface area contributed by atoms with Crippen molar-refractivity contribution in [2.75, 3.05) is 6.61 Å². The highest BCUT2D eigenvalue weighted by atomic mass is 16.5. The summed E-state index contributed by atoms with van der Waals surface area (Å²) in [4.78, 5) is 11.1. The summed E-state index contributed by atoms with van der Waals surface area (Å²) < 4.78 is 7.15. The van der Waals surface area contributed by atoms with Crippen LogP contribution >= 0.6 is 0 Å². The summed E-state index contributed by atoms with van der Waals surface area (Å²) in [6, 6.07) is 14.1. The van der Waals surface area contributed by atoms with Crippen molar-refractivity contribution in [2.45, 2.75) is 6.92 Å². The summed E-state index contributed by atoms with van der Waals surface area (Å²) in [5.74, 6) is -0.241. The van der Waals surface area contributed by atoms with Crippen LogP contribution in [0.4, 0.5) is 0 Å². The second-order valence-corrected chi connectivity index (χ2v) is 4.83. The molecule has 0 aliphatic carbocycles. The molecule has 0 saturated carbocycles. The molecular formula is C17H15N3O3. The van der Waals surface area contributed by atoms with Crippen LogP contribution in [-0.4, -0.2) is 32.7 Å². The van der Waals surface area contributed by atoms with Gasteiger partial charge in [0, 0.05) is 5.56 Å². The molecule has 0 bridgehead atoms.